The van der Waals surface area contributed by atoms with Gasteiger partial charge in [-0.2, -0.15) is 0 Å². The van der Waals surface area contributed by atoms with Crippen LogP contribution in [0, 0.1) is 0 Å². The quantitative estimate of drug-likeness (QED) is 0.230. The summed E-state index contributed by atoms with van der Waals surface area (Å²) in [5.74, 6) is -1.70. The number of ether oxygens (including phenoxy) is 1. The largest absolute Gasteiger partial charge is 0.445 e. The van der Waals surface area contributed by atoms with Crippen LogP contribution in [-0.2, 0) is 32.1 Å². The van der Waals surface area contributed by atoms with Crippen LogP contribution < -0.4 is 21.7 Å². The topological polar surface area (TPSA) is 163 Å². The first-order valence-electron chi connectivity index (χ1n) is 14.3. The Morgan fingerprint density at radius 3 is 2.19 bits per heavy atom. The van der Waals surface area contributed by atoms with Crippen molar-refractivity contribution in [3.63, 3.8) is 0 Å². The first-order valence-corrected chi connectivity index (χ1v) is 14.3. The van der Waals surface area contributed by atoms with Crippen molar-refractivity contribution in [2.24, 2.45) is 5.73 Å². The number of hydrogen-bond donors (Lipinski definition) is 5. The van der Waals surface area contributed by atoms with Crippen molar-refractivity contribution < 1.29 is 29.0 Å². The zero-order chi connectivity index (χ0) is 30.7. The van der Waals surface area contributed by atoms with Crippen LogP contribution in [0.4, 0.5) is 4.79 Å². The van der Waals surface area contributed by atoms with Gasteiger partial charge in [0.25, 0.3) is 0 Å². The number of carbonyl (C=O) groups excluding carboxylic acids is 4. The third-order valence-electron chi connectivity index (χ3n) is 7.22. The third kappa shape index (κ3) is 11.5. The summed E-state index contributed by atoms with van der Waals surface area (Å²) in [4.78, 5) is 52.7. The lowest BCUT2D eigenvalue weighted by molar-refractivity contribution is -0.128. The minimum absolute atomic E-state index is 0. The third-order valence-corrected chi connectivity index (χ3v) is 7.22. The number of rotatable bonds is 13. The van der Waals surface area contributed by atoms with Gasteiger partial charge in [-0.15, -0.1) is 12.4 Å². The molecule has 0 radical (unpaired) electrons. The van der Waals surface area contributed by atoms with Crippen molar-refractivity contribution in [3.8, 4) is 0 Å². The second-order valence-corrected chi connectivity index (χ2v) is 11.6. The molecule has 43 heavy (non-hydrogen) atoms. The molecule has 0 unspecified atom stereocenters. The van der Waals surface area contributed by atoms with Crippen LogP contribution in [-0.4, -0.2) is 76.7 Å². The lowest BCUT2D eigenvalue weighted by Gasteiger charge is -2.36. The number of benzene rings is 2. The minimum Gasteiger partial charge on any atom is -0.445 e. The van der Waals surface area contributed by atoms with Crippen LogP contribution in [0.2, 0.25) is 0 Å². The van der Waals surface area contributed by atoms with Gasteiger partial charge in [0.15, 0.2) is 0 Å². The van der Waals surface area contributed by atoms with Crippen LogP contribution >= 0.6 is 12.4 Å². The number of nitrogens with one attached hydrogen (secondary N) is 3. The standard InChI is InChI=1S/C31H43N5O6.ClH/c1-31(2,3)36-16-10-15-25(36)29(40)33-19-26(37)23(17-21-11-6-4-7-12-21)34-28(39)24(18-27(32)38)35-30(41)42-20-22-13-8-5-9-14-22;/h4-9,11-14,23-26,37H,10,15-20H2,1-3H3,(H2,32,38)(H,33,40)(H,34,39)(H,35,41);1H/t23-,24-,25-,26+;/m0./s1. The van der Waals surface area contributed by atoms with E-state index in [-0.39, 0.29) is 49.5 Å². The molecule has 12 heteroatoms. The molecule has 3 rings (SSSR count). The van der Waals surface area contributed by atoms with Crippen LogP contribution in [0.15, 0.2) is 60.7 Å². The fraction of sp³-hybridized carbons (Fsp3) is 0.484. The van der Waals surface area contributed by atoms with E-state index < -0.39 is 42.5 Å². The molecule has 2 aromatic rings. The van der Waals surface area contributed by atoms with E-state index in [9.17, 15) is 24.3 Å². The molecule has 4 amide bonds. The molecule has 1 aliphatic heterocycles. The zero-order valence-electron chi connectivity index (χ0n) is 25.0. The molecule has 0 aromatic heterocycles. The maximum absolute atomic E-state index is 13.3. The summed E-state index contributed by atoms with van der Waals surface area (Å²) in [7, 11) is 0. The normalized spacial score (nSPS) is 17.1. The van der Waals surface area contributed by atoms with Gasteiger partial charge < -0.3 is 31.5 Å². The number of nitrogens with two attached hydrogens (primary N) is 1. The first kappa shape index (κ1) is 35.5. The van der Waals surface area contributed by atoms with Crippen molar-refractivity contribution in [2.75, 3.05) is 13.1 Å². The molecule has 2 aromatic carbocycles. The summed E-state index contributed by atoms with van der Waals surface area (Å²) < 4.78 is 5.20. The van der Waals surface area contributed by atoms with Gasteiger partial charge in [-0.05, 0) is 57.7 Å². The average molecular weight is 618 g/mol. The Hall–Kier alpha value is -3.67. The number of aliphatic hydroxyl groups is 1. The summed E-state index contributed by atoms with van der Waals surface area (Å²) in [6.45, 7) is 6.88. The van der Waals surface area contributed by atoms with E-state index >= 15 is 0 Å². The van der Waals surface area contributed by atoms with E-state index in [0.717, 1.165) is 30.5 Å². The molecule has 1 heterocycles. The van der Waals surface area contributed by atoms with Gasteiger partial charge >= 0.3 is 6.09 Å². The maximum Gasteiger partial charge on any atom is 0.408 e. The van der Waals surface area contributed by atoms with Gasteiger partial charge in [-0.25, -0.2) is 4.79 Å². The van der Waals surface area contributed by atoms with Gasteiger partial charge in [0.2, 0.25) is 17.7 Å². The number of hydrogen-bond acceptors (Lipinski definition) is 7. The maximum atomic E-state index is 13.3. The SMILES string of the molecule is CC(C)(C)N1CCC[C@H]1C(=O)NC[C@@H](O)[C@H](Cc1ccccc1)NC(=O)[C@H](CC(N)=O)NC(=O)OCc1ccccc1.Cl. The summed E-state index contributed by atoms with van der Waals surface area (Å²) in [5, 5.41) is 19.1. The Kier molecular flexibility index (Phi) is 13.9. The van der Waals surface area contributed by atoms with Gasteiger partial charge in [-0.3, -0.25) is 19.3 Å². The lowest BCUT2D eigenvalue weighted by Crippen LogP contribution is -2.57. The first-order chi connectivity index (χ1) is 19.9. The lowest BCUT2D eigenvalue weighted by atomic mass is 10.00. The number of alkyl carbamates (subject to hydrolysis) is 1. The molecule has 1 saturated heterocycles. The molecular weight excluding hydrogens is 574 g/mol. The molecule has 0 saturated carbocycles. The molecule has 0 bridgehead atoms. The number of nitrogens with zero attached hydrogens (tertiary/aromatic N) is 1. The monoisotopic (exact) mass is 617 g/mol. The highest BCUT2D eigenvalue weighted by Crippen LogP contribution is 2.26. The summed E-state index contributed by atoms with van der Waals surface area (Å²) in [5.41, 5.74) is 6.77. The van der Waals surface area contributed by atoms with Crippen molar-refractivity contribution in [2.45, 2.75) is 82.8 Å². The predicted molar refractivity (Wildman–Crippen MR) is 165 cm³/mol. The minimum atomic E-state index is -1.33. The number of halogens is 1. The Bertz CT molecular complexity index is 1190. The second kappa shape index (κ2) is 16.8. The highest BCUT2D eigenvalue weighted by Gasteiger charge is 2.37. The van der Waals surface area contributed by atoms with E-state index in [1.165, 1.54) is 0 Å². The number of aliphatic hydroxyl groups excluding tert-OH is 1. The van der Waals surface area contributed by atoms with Crippen LogP contribution in [0.25, 0.3) is 0 Å². The van der Waals surface area contributed by atoms with E-state index in [0.29, 0.717) is 0 Å². The molecular formula is C31H44ClN5O6. The van der Waals surface area contributed by atoms with Crippen molar-refractivity contribution in [1.82, 2.24) is 20.9 Å². The molecule has 4 atom stereocenters. The number of likely N-dealkylation sites (tertiary alicyclic amines) is 1. The van der Waals surface area contributed by atoms with E-state index in [1.54, 1.807) is 24.3 Å². The predicted octanol–water partition coefficient (Wildman–Crippen LogP) is 2.05. The smallest absolute Gasteiger partial charge is 0.408 e. The van der Waals surface area contributed by atoms with Crippen LogP contribution in [0.3, 0.4) is 0 Å². The number of primary amides is 1. The number of carbonyl (C=O) groups is 4. The fourth-order valence-electron chi connectivity index (χ4n) is 5.06. The molecule has 0 aliphatic carbocycles. The molecule has 6 N–H and O–H groups in total. The van der Waals surface area contributed by atoms with Gasteiger partial charge in [0.05, 0.1) is 24.6 Å². The Morgan fingerprint density at radius 2 is 1.60 bits per heavy atom. The van der Waals surface area contributed by atoms with Gasteiger partial charge in [-0.1, -0.05) is 60.7 Å². The molecule has 236 valence electrons. The van der Waals surface area contributed by atoms with Gasteiger partial charge in [0, 0.05) is 12.1 Å². The molecule has 1 aliphatic rings. The molecule has 0 spiro atoms. The fourth-order valence-corrected chi connectivity index (χ4v) is 5.06. The Labute approximate surface area is 259 Å². The highest BCUT2D eigenvalue weighted by molar-refractivity contribution is 5.90. The summed E-state index contributed by atoms with van der Waals surface area (Å²) >= 11 is 0. The van der Waals surface area contributed by atoms with Gasteiger partial charge in [0.1, 0.15) is 12.6 Å². The van der Waals surface area contributed by atoms with E-state index in [4.69, 9.17) is 10.5 Å². The Balaban J connectivity index is 0.00000645. The summed E-state index contributed by atoms with van der Waals surface area (Å²) in [6, 6.07) is 15.7. The molecule has 11 nitrogen and oxygen atoms in total. The van der Waals surface area contributed by atoms with E-state index in [2.05, 4.69) is 41.6 Å². The zero-order valence-corrected chi connectivity index (χ0v) is 25.8. The number of amides is 4. The van der Waals surface area contributed by atoms with E-state index in [1.807, 2.05) is 36.4 Å². The average Bonchev–Trinajstić information content (AvgIpc) is 3.46. The summed E-state index contributed by atoms with van der Waals surface area (Å²) in [6.07, 6.45) is -0.657. The molecule has 1 fully saturated rings. The van der Waals surface area contributed by atoms with Crippen molar-refractivity contribution >= 4 is 36.2 Å². The van der Waals surface area contributed by atoms with Crippen molar-refractivity contribution in [1.29, 1.82) is 0 Å². The van der Waals surface area contributed by atoms with Crippen molar-refractivity contribution in [3.05, 3.63) is 71.8 Å². The van der Waals surface area contributed by atoms with Crippen LogP contribution in [0.5, 0.6) is 0 Å². The van der Waals surface area contributed by atoms with Crippen LogP contribution in [0.1, 0.15) is 51.2 Å². The highest BCUT2D eigenvalue weighted by atomic mass is 35.5. The second-order valence-electron chi connectivity index (χ2n) is 11.6. The Morgan fingerprint density at radius 1 is 1.00 bits per heavy atom.